The zero-order chi connectivity index (χ0) is 67.6. The number of rotatable bonds is 10. The second-order valence-corrected chi connectivity index (χ2v) is 28.8. The summed E-state index contributed by atoms with van der Waals surface area (Å²) in [5.74, 6) is -9.29. The number of carbonyl (C=O) groups is 11. The normalized spacial score (nSPS) is 30.9. The predicted molar refractivity (Wildman–Crippen MR) is 336 cm³/mol. The van der Waals surface area contributed by atoms with Crippen molar-refractivity contribution in [2.75, 3.05) is 61.4 Å². The molecule has 3 saturated carbocycles. The molecule has 11 amide bonds. The van der Waals surface area contributed by atoms with Crippen molar-refractivity contribution in [2.24, 2.45) is 35.5 Å². The monoisotopic (exact) mass is 1310 g/mol. The van der Waals surface area contributed by atoms with Gasteiger partial charge in [0.05, 0.1) is 19.0 Å². The van der Waals surface area contributed by atoms with E-state index in [4.69, 9.17) is 11.6 Å². The maximum Gasteiger partial charge on any atom is 0.393 e. The Labute approximate surface area is 541 Å². The number of likely N-dealkylation sites (N-methyl/N-ethyl adjacent to an activating group) is 5. The van der Waals surface area contributed by atoms with Crippen molar-refractivity contribution < 1.29 is 65.9 Å². The fourth-order valence-electron chi connectivity index (χ4n) is 14.7. The molecule has 1 spiro atoms. The molecule has 0 radical (unpaired) electrons. The molecule has 26 heteroatoms. The van der Waals surface area contributed by atoms with Gasteiger partial charge < -0.3 is 55.6 Å². The zero-order valence-corrected chi connectivity index (χ0v) is 56.7. The van der Waals surface area contributed by atoms with Crippen LogP contribution in [-0.4, -0.2) is 226 Å². The van der Waals surface area contributed by atoms with Crippen molar-refractivity contribution in [3.8, 4) is 0 Å². The number of alkyl halides is 4. The Morgan fingerprint density at radius 3 is 1.84 bits per heavy atom. The minimum Gasteiger partial charge on any atom is -0.351 e. The van der Waals surface area contributed by atoms with Crippen molar-refractivity contribution in [2.45, 2.75) is 249 Å². The third-order valence-corrected chi connectivity index (χ3v) is 21.0. The van der Waals surface area contributed by atoms with Crippen LogP contribution in [0.3, 0.4) is 0 Å². The van der Waals surface area contributed by atoms with E-state index < -0.39 is 161 Å². The van der Waals surface area contributed by atoms with E-state index in [0.717, 1.165) is 32.1 Å². The standard InChI is InChI=1S/C65H105ClF3N11O11/c1-13-40(6)54-62(90)75(9)37-53(83)79-31-27-48(79)61(89)77(11)50(35-42-20-15-14-16-21-42)60(88)74(8)36-51(81)71-46(26-24-43-23-25-44(45(66)34-43)65(67,68)69)59(87)80-30-19-22-47(80)57(85)73-64(28-17-18-29-64)63(91)78(12)55(39(4)5)58(86)70-41(7)33-52(82)76(10)49(32-38(2)3)56(84)72-54/h38-50,54-55H,13-37H2,1-12H3,(H,70,86)(H,71,81)(H,72,84)(H,73,85)/t40-,41+,43?,44?,45?,46-,47-,48-,49-,50-,54-,55-/m0/s1. The van der Waals surface area contributed by atoms with Crippen LogP contribution in [0.1, 0.15) is 183 Å². The average Bonchev–Trinajstić information content (AvgIpc) is 2.40. The molecule has 0 aromatic carbocycles. The summed E-state index contributed by atoms with van der Waals surface area (Å²) < 4.78 is 41.7. The van der Waals surface area contributed by atoms with Gasteiger partial charge in [-0.15, -0.1) is 11.6 Å². The van der Waals surface area contributed by atoms with Gasteiger partial charge in [-0.25, -0.2) is 0 Å². The van der Waals surface area contributed by atoms with Crippen LogP contribution in [0.2, 0.25) is 0 Å². The molecule has 91 heavy (non-hydrogen) atoms. The molecule has 3 heterocycles. The summed E-state index contributed by atoms with van der Waals surface area (Å²) in [5, 5.41) is 10.5. The van der Waals surface area contributed by atoms with Crippen LogP contribution in [0.15, 0.2) is 0 Å². The molecule has 22 nitrogen and oxygen atoms in total. The number of amides is 11. The number of halogens is 4. The Balaban J connectivity index is 1.35. The lowest BCUT2D eigenvalue weighted by molar-refractivity contribution is -0.182. The first-order valence-electron chi connectivity index (χ1n) is 33.5. The van der Waals surface area contributed by atoms with Crippen LogP contribution in [-0.2, 0) is 52.7 Å². The SMILES string of the molecule is CC[C@H](C)[C@@H]1NC(=O)[C@H](CC(C)C)N(C)C(=O)C[C@@H](C)NC(=O)[C@H](C(C)C)N(C)C(=O)C2(CCCC2)NC(=O)[C@@H]2CCCN2C(=O)[C@H](CCC2CCC(C(F)(F)F)C(Cl)C2)NC(=O)CN(C)C(=O)[C@H](CC2CCCCC2)N(C)C(=O)[C@@H]2CCN2C(=O)CN(C)C1=O. The highest BCUT2D eigenvalue weighted by Gasteiger charge is 2.51. The van der Waals surface area contributed by atoms with Gasteiger partial charge in [0.2, 0.25) is 65.0 Å². The van der Waals surface area contributed by atoms with Crippen molar-refractivity contribution in [3.05, 3.63) is 0 Å². The van der Waals surface area contributed by atoms with Crippen LogP contribution in [0.25, 0.3) is 0 Å². The van der Waals surface area contributed by atoms with Gasteiger partial charge in [0.15, 0.2) is 0 Å². The summed E-state index contributed by atoms with van der Waals surface area (Å²) in [4.78, 5) is 170. The second kappa shape index (κ2) is 32.4. The van der Waals surface area contributed by atoms with Crippen molar-refractivity contribution in [1.29, 1.82) is 0 Å². The Morgan fingerprint density at radius 2 is 1.25 bits per heavy atom. The van der Waals surface area contributed by atoms with Gasteiger partial charge in [0, 0.05) is 66.2 Å². The molecule has 6 rings (SSSR count). The lowest BCUT2D eigenvalue weighted by atomic mass is 9.78. The number of carbonyl (C=O) groups excluding carboxylic acids is 11. The summed E-state index contributed by atoms with van der Waals surface area (Å²) in [6, 6.07) is -8.51. The molecule has 0 aromatic heterocycles. The summed E-state index contributed by atoms with van der Waals surface area (Å²) in [6.07, 6.45) is 3.27. The molecular weight excluding hydrogens is 1200 g/mol. The van der Waals surface area contributed by atoms with Crippen molar-refractivity contribution in [3.63, 3.8) is 0 Å². The Bertz CT molecular complexity index is 2620. The van der Waals surface area contributed by atoms with E-state index in [9.17, 15) is 56.3 Å². The van der Waals surface area contributed by atoms with Crippen LogP contribution in [0, 0.1) is 35.5 Å². The fourth-order valence-corrected chi connectivity index (χ4v) is 15.3. The molecule has 6 aliphatic rings. The highest BCUT2D eigenvalue weighted by molar-refractivity contribution is 6.20. The second-order valence-electron chi connectivity index (χ2n) is 28.2. The highest BCUT2D eigenvalue weighted by Crippen LogP contribution is 2.44. The van der Waals surface area contributed by atoms with E-state index in [1.807, 2.05) is 20.8 Å². The van der Waals surface area contributed by atoms with Gasteiger partial charge in [-0.2, -0.15) is 13.2 Å². The molecule has 6 fully saturated rings. The van der Waals surface area contributed by atoms with E-state index >= 15 is 9.59 Å². The first kappa shape index (κ1) is 74.3. The van der Waals surface area contributed by atoms with Gasteiger partial charge in [0.25, 0.3) is 0 Å². The highest BCUT2D eigenvalue weighted by atomic mass is 35.5. The molecule has 514 valence electrons. The number of nitrogens with zero attached hydrogens (tertiary/aromatic N) is 7. The first-order valence-corrected chi connectivity index (χ1v) is 34.0. The summed E-state index contributed by atoms with van der Waals surface area (Å²) in [6.45, 7) is 11.9. The third kappa shape index (κ3) is 18.6. The first-order chi connectivity index (χ1) is 42.7. The smallest absolute Gasteiger partial charge is 0.351 e. The number of hydrogen-bond acceptors (Lipinski definition) is 11. The lowest BCUT2D eigenvalue weighted by Gasteiger charge is -2.44. The maximum absolute atomic E-state index is 15.1. The van der Waals surface area contributed by atoms with Gasteiger partial charge in [-0.05, 0) is 114 Å². The zero-order valence-electron chi connectivity index (χ0n) is 56.0. The van der Waals surface area contributed by atoms with Crippen molar-refractivity contribution >= 4 is 76.6 Å². The molecular formula is C65H105ClF3N11O11. The summed E-state index contributed by atoms with van der Waals surface area (Å²) >= 11 is 6.37. The molecule has 3 saturated heterocycles. The molecule has 3 aliphatic carbocycles. The Morgan fingerprint density at radius 1 is 0.604 bits per heavy atom. The van der Waals surface area contributed by atoms with Crippen LogP contribution < -0.4 is 21.3 Å². The van der Waals surface area contributed by atoms with E-state index in [-0.39, 0.29) is 108 Å². The molecule has 0 aromatic rings. The molecule has 3 unspecified atom stereocenters. The van der Waals surface area contributed by atoms with Crippen LogP contribution >= 0.6 is 11.6 Å². The summed E-state index contributed by atoms with van der Waals surface area (Å²) in [5.41, 5.74) is -1.47. The molecule has 4 N–H and O–H groups in total. The third-order valence-electron chi connectivity index (χ3n) is 20.5. The number of fused-ring (bicyclic) bond motifs is 2. The van der Waals surface area contributed by atoms with Crippen molar-refractivity contribution in [1.82, 2.24) is 55.6 Å². The molecule has 12 atom stereocenters. The maximum atomic E-state index is 15.1. The van der Waals surface area contributed by atoms with Gasteiger partial charge >= 0.3 is 6.18 Å². The lowest BCUT2D eigenvalue weighted by Crippen LogP contribution is -2.64. The fraction of sp³-hybridized carbons (Fsp3) is 0.831. The van der Waals surface area contributed by atoms with E-state index in [1.165, 1.54) is 69.5 Å². The molecule has 0 bridgehead atoms. The minimum absolute atomic E-state index is 0.0174. The van der Waals surface area contributed by atoms with Gasteiger partial charge in [-0.1, -0.05) is 92.9 Å². The molecule has 3 aliphatic heterocycles. The topological polar surface area (TPSA) is 259 Å². The predicted octanol–water partition coefficient (Wildman–Crippen LogP) is 5.37. The van der Waals surface area contributed by atoms with E-state index in [1.54, 1.807) is 27.7 Å². The Kier molecular flexibility index (Phi) is 26.4. The van der Waals surface area contributed by atoms with Gasteiger partial charge in [-0.3, -0.25) is 52.7 Å². The summed E-state index contributed by atoms with van der Waals surface area (Å²) in [7, 11) is 7.33. The number of nitrogens with one attached hydrogen (secondary N) is 4. The largest absolute Gasteiger partial charge is 0.393 e. The quantitative estimate of drug-likeness (QED) is 0.202. The van der Waals surface area contributed by atoms with E-state index in [0.29, 0.717) is 25.7 Å². The average molecular weight is 1310 g/mol. The van der Waals surface area contributed by atoms with Crippen LogP contribution in [0.5, 0.6) is 0 Å². The number of hydrogen-bond donors (Lipinski definition) is 4. The Hall–Kier alpha value is -5.75. The minimum atomic E-state index is -4.49. The van der Waals surface area contributed by atoms with Gasteiger partial charge in [0.1, 0.15) is 47.8 Å². The van der Waals surface area contributed by atoms with Crippen LogP contribution in [0.4, 0.5) is 13.2 Å². The van der Waals surface area contributed by atoms with E-state index in [2.05, 4.69) is 21.3 Å².